The Morgan fingerprint density at radius 1 is 1.03 bits per heavy atom. The van der Waals surface area contributed by atoms with Gasteiger partial charge in [0.05, 0.1) is 17.6 Å². The van der Waals surface area contributed by atoms with Gasteiger partial charge in [-0.05, 0) is 78.1 Å². The summed E-state index contributed by atoms with van der Waals surface area (Å²) in [5.41, 5.74) is 5.37. The smallest absolute Gasteiger partial charge is 0.252 e. The van der Waals surface area contributed by atoms with Crippen molar-refractivity contribution >= 4 is 10.9 Å². The molecule has 5 rings (SSSR count). The average molecular weight is 499 g/mol. The number of H-pyrrole nitrogens is 1. The van der Waals surface area contributed by atoms with E-state index in [1.807, 2.05) is 19.1 Å². The van der Waals surface area contributed by atoms with Crippen molar-refractivity contribution in [2.45, 2.75) is 84.3 Å². The first-order valence-electron chi connectivity index (χ1n) is 13.7. The number of fused-ring (bicyclic) bond motifs is 1. The van der Waals surface area contributed by atoms with Gasteiger partial charge in [-0.3, -0.25) is 9.69 Å². The minimum Gasteiger partial charge on any atom is -0.321 e. The second-order valence-corrected chi connectivity index (χ2v) is 10.5. The van der Waals surface area contributed by atoms with Crippen molar-refractivity contribution in [3.8, 4) is 0 Å². The average Bonchev–Trinajstić information content (AvgIpc) is 3.39. The van der Waals surface area contributed by atoms with Gasteiger partial charge in [0.2, 0.25) is 0 Å². The van der Waals surface area contributed by atoms with Crippen molar-refractivity contribution in [2.24, 2.45) is 0 Å². The van der Waals surface area contributed by atoms with Crippen LogP contribution in [0.2, 0.25) is 0 Å². The first kappa shape index (κ1) is 25.3. The van der Waals surface area contributed by atoms with Gasteiger partial charge in [-0.1, -0.05) is 68.7 Å². The van der Waals surface area contributed by atoms with Gasteiger partial charge >= 0.3 is 0 Å². The lowest BCUT2D eigenvalue weighted by Gasteiger charge is -2.32. The van der Waals surface area contributed by atoms with Crippen LogP contribution in [0.3, 0.4) is 0 Å². The summed E-state index contributed by atoms with van der Waals surface area (Å²) < 4.78 is 2.09. The summed E-state index contributed by atoms with van der Waals surface area (Å²) in [6.45, 7) is 7.74. The van der Waals surface area contributed by atoms with E-state index in [0.717, 1.165) is 60.1 Å². The molecule has 7 heteroatoms. The zero-order valence-corrected chi connectivity index (χ0v) is 22.3. The predicted octanol–water partition coefficient (Wildman–Crippen LogP) is 5.83. The summed E-state index contributed by atoms with van der Waals surface area (Å²) in [5, 5.41) is 14.2. The minimum atomic E-state index is -0.0237. The topological polar surface area (TPSA) is 79.7 Å². The van der Waals surface area contributed by atoms with Crippen LogP contribution in [0.25, 0.3) is 10.9 Å². The van der Waals surface area contributed by atoms with E-state index in [9.17, 15) is 4.79 Å². The van der Waals surface area contributed by atoms with Crippen LogP contribution in [0.5, 0.6) is 0 Å². The first-order chi connectivity index (χ1) is 18.0. The van der Waals surface area contributed by atoms with E-state index in [4.69, 9.17) is 0 Å². The summed E-state index contributed by atoms with van der Waals surface area (Å²) in [6.07, 6.45) is 7.76. The second kappa shape index (κ2) is 11.4. The molecule has 37 heavy (non-hydrogen) atoms. The Labute approximate surface area is 218 Å². The summed E-state index contributed by atoms with van der Waals surface area (Å²) >= 11 is 0. The van der Waals surface area contributed by atoms with E-state index in [2.05, 4.69) is 80.3 Å². The molecule has 1 N–H and O–H groups in total. The number of hydrogen-bond acceptors (Lipinski definition) is 5. The lowest BCUT2D eigenvalue weighted by Crippen LogP contribution is -2.35. The van der Waals surface area contributed by atoms with Gasteiger partial charge < -0.3 is 4.98 Å². The van der Waals surface area contributed by atoms with E-state index in [-0.39, 0.29) is 11.6 Å². The molecule has 1 saturated carbocycles. The Bertz CT molecular complexity index is 1400. The molecule has 1 aliphatic carbocycles. The predicted molar refractivity (Wildman–Crippen MR) is 148 cm³/mol. The molecule has 0 bridgehead atoms. The minimum absolute atomic E-state index is 0.0218. The Hall–Kier alpha value is -3.32. The van der Waals surface area contributed by atoms with Gasteiger partial charge in [0, 0.05) is 18.7 Å². The fraction of sp³-hybridized carbons (Fsp3) is 0.467. The second-order valence-electron chi connectivity index (χ2n) is 10.5. The molecule has 1 atom stereocenters. The van der Waals surface area contributed by atoms with Gasteiger partial charge in [-0.15, -0.1) is 5.10 Å². The highest BCUT2D eigenvalue weighted by molar-refractivity contribution is 5.81. The van der Waals surface area contributed by atoms with E-state index in [0.29, 0.717) is 12.6 Å². The largest absolute Gasteiger partial charge is 0.321 e. The Morgan fingerprint density at radius 2 is 1.81 bits per heavy atom. The van der Waals surface area contributed by atoms with Crippen LogP contribution in [-0.2, 0) is 13.0 Å². The molecule has 1 fully saturated rings. The highest BCUT2D eigenvalue weighted by Crippen LogP contribution is 2.32. The Morgan fingerprint density at radius 3 is 2.59 bits per heavy atom. The molecule has 2 aromatic heterocycles. The van der Waals surface area contributed by atoms with Crippen LogP contribution in [-0.4, -0.2) is 36.6 Å². The van der Waals surface area contributed by atoms with Gasteiger partial charge in [-0.2, -0.15) is 0 Å². The molecular formula is C30H38N6O. The van der Waals surface area contributed by atoms with E-state index >= 15 is 0 Å². The third-order valence-corrected chi connectivity index (χ3v) is 8.03. The molecule has 0 amide bonds. The standard InChI is InChI=1S/C30H38N6O/c1-4-27(29-32-33-34-36(29)26-15-6-5-7-16-26)35(18-17-23-13-9-8-11-21(23)2)20-25-19-24-14-10-12-22(3)28(24)31-30(25)37/h8-14,19,26-27H,4-7,15-18,20H2,1-3H3,(H,31,37)/t27-/m0/s1. The SMILES string of the molecule is CC[C@@H](c1nnnn1C1CCCCC1)N(CCc1ccccc1C)Cc1cc2cccc(C)c2[nH]c1=O. The monoisotopic (exact) mass is 498 g/mol. The Kier molecular flexibility index (Phi) is 7.79. The molecule has 2 heterocycles. The van der Waals surface area contributed by atoms with Crippen LogP contribution in [0.15, 0.2) is 53.3 Å². The molecule has 0 unspecified atom stereocenters. The fourth-order valence-corrected chi connectivity index (χ4v) is 5.87. The van der Waals surface area contributed by atoms with Crippen molar-refractivity contribution in [3.05, 3.63) is 87.0 Å². The van der Waals surface area contributed by atoms with Gasteiger partial charge in [0.1, 0.15) is 0 Å². The van der Waals surface area contributed by atoms with Crippen molar-refractivity contribution in [1.29, 1.82) is 0 Å². The van der Waals surface area contributed by atoms with Crippen LogP contribution in [0.1, 0.15) is 85.6 Å². The van der Waals surface area contributed by atoms with Gasteiger partial charge in [0.15, 0.2) is 5.82 Å². The summed E-state index contributed by atoms with van der Waals surface area (Å²) in [7, 11) is 0. The number of aryl methyl sites for hydroxylation is 2. The molecule has 1 aliphatic rings. The quantitative estimate of drug-likeness (QED) is 0.314. The van der Waals surface area contributed by atoms with Crippen molar-refractivity contribution < 1.29 is 0 Å². The van der Waals surface area contributed by atoms with Gasteiger partial charge in [0.25, 0.3) is 5.56 Å². The summed E-state index contributed by atoms with van der Waals surface area (Å²) in [4.78, 5) is 18.8. The zero-order valence-electron chi connectivity index (χ0n) is 22.3. The number of nitrogens with zero attached hydrogens (tertiary/aromatic N) is 5. The molecular weight excluding hydrogens is 460 g/mol. The van der Waals surface area contributed by atoms with Crippen molar-refractivity contribution in [3.63, 3.8) is 0 Å². The van der Waals surface area contributed by atoms with Gasteiger partial charge in [-0.25, -0.2) is 4.68 Å². The number of nitrogens with one attached hydrogen (secondary N) is 1. The third kappa shape index (κ3) is 5.52. The maximum atomic E-state index is 13.2. The molecule has 0 radical (unpaired) electrons. The third-order valence-electron chi connectivity index (χ3n) is 8.03. The number of aromatic nitrogens is 5. The highest BCUT2D eigenvalue weighted by atomic mass is 16.1. The van der Waals surface area contributed by atoms with Crippen molar-refractivity contribution in [2.75, 3.05) is 6.54 Å². The number of para-hydroxylation sites is 1. The molecule has 2 aromatic carbocycles. The molecule has 0 saturated heterocycles. The molecule has 7 nitrogen and oxygen atoms in total. The Balaban J connectivity index is 1.50. The number of tetrazole rings is 1. The highest BCUT2D eigenvalue weighted by Gasteiger charge is 2.29. The van der Waals surface area contributed by atoms with Crippen LogP contribution in [0, 0.1) is 13.8 Å². The lowest BCUT2D eigenvalue weighted by molar-refractivity contribution is 0.165. The molecule has 194 valence electrons. The number of pyridine rings is 1. The van der Waals surface area contributed by atoms with Crippen LogP contribution in [0.4, 0.5) is 0 Å². The number of benzene rings is 2. The maximum Gasteiger partial charge on any atom is 0.252 e. The van der Waals surface area contributed by atoms with Crippen molar-refractivity contribution in [1.82, 2.24) is 30.1 Å². The number of hydrogen-bond donors (Lipinski definition) is 1. The first-order valence-corrected chi connectivity index (χ1v) is 13.7. The van der Waals surface area contributed by atoms with Crippen LogP contribution >= 0.6 is 0 Å². The maximum absolute atomic E-state index is 13.2. The zero-order chi connectivity index (χ0) is 25.8. The molecule has 0 aliphatic heterocycles. The molecule has 0 spiro atoms. The fourth-order valence-electron chi connectivity index (χ4n) is 5.87. The lowest BCUT2D eigenvalue weighted by atomic mass is 9.95. The van der Waals surface area contributed by atoms with Crippen LogP contribution < -0.4 is 5.56 Å². The summed E-state index contributed by atoms with van der Waals surface area (Å²) in [5.74, 6) is 0.923. The number of rotatable bonds is 9. The van der Waals surface area contributed by atoms with E-state index in [1.165, 1.54) is 30.4 Å². The number of aromatic amines is 1. The molecule has 4 aromatic rings. The normalized spacial score (nSPS) is 15.5. The summed E-state index contributed by atoms with van der Waals surface area (Å²) in [6, 6.07) is 17.1. The van der Waals surface area contributed by atoms with E-state index in [1.54, 1.807) is 0 Å². The van der Waals surface area contributed by atoms with E-state index < -0.39 is 0 Å².